The van der Waals surface area contributed by atoms with E-state index in [1.54, 1.807) is 14.2 Å². The van der Waals surface area contributed by atoms with Crippen molar-refractivity contribution in [1.29, 1.82) is 0 Å². The fourth-order valence-electron chi connectivity index (χ4n) is 2.95. The van der Waals surface area contributed by atoms with Gasteiger partial charge in [0.1, 0.15) is 6.61 Å². The van der Waals surface area contributed by atoms with E-state index in [1.807, 2.05) is 0 Å². The molecule has 0 aliphatic carbocycles. The first-order valence-electron chi connectivity index (χ1n) is 9.93. The number of halogens is 4. The van der Waals surface area contributed by atoms with Crippen LogP contribution in [-0.2, 0) is 15.7 Å². The molecule has 2 N–H and O–H groups in total. The van der Waals surface area contributed by atoms with Gasteiger partial charge in [-0.3, -0.25) is 14.7 Å². The van der Waals surface area contributed by atoms with Crippen LogP contribution in [0.2, 0.25) is 0 Å². The second-order valence-corrected chi connectivity index (χ2v) is 6.81. The van der Waals surface area contributed by atoms with Crippen LogP contribution >= 0.6 is 24.0 Å². The molecule has 0 spiro atoms. The number of pyridine rings is 1. The maximum atomic E-state index is 12.5. The van der Waals surface area contributed by atoms with Gasteiger partial charge in [0.2, 0.25) is 11.8 Å². The van der Waals surface area contributed by atoms with Gasteiger partial charge in [-0.2, -0.15) is 13.2 Å². The van der Waals surface area contributed by atoms with E-state index in [9.17, 15) is 18.0 Å². The van der Waals surface area contributed by atoms with Crippen molar-refractivity contribution in [2.24, 2.45) is 4.99 Å². The van der Waals surface area contributed by atoms with Crippen LogP contribution in [0.3, 0.4) is 0 Å². The Morgan fingerprint density at radius 1 is 1.16 bits per heavy atom. The average molecular weight is 574 g/mol. The number of amides is 1. The van der Waals surface area contributed by atoms with Crippen LogP contribution in [0.15, 0.2) is 23.3 Å². The smallest absolute Gasteiger partial charge is 0.417 e. The highest BCUT2D eigenvalue weighted by molar-refractivity contribution is 14.0. The van der Waals surface area contributed by atoms with Crippen molar-refractivity contribution in [1.82, 2.24) is 25.4 Å². The molecule has 1 amide bonds. The van der Waals surface area contributed by atoms with Crippen molar-refractivity contribution in [3.05, 3.63) is 23.9 Å². The van der Waals surface area contributed by atoms with E-state index in [0.29, 0.717) is 45.3 Å². The zero-order valence-electron chi connectivity index (χ0n) is 18.2. The normalized spacial score (nSPS) is 15.2. The minimum atomic E-state index is -4.42. The summed E-state index contributed by atoms with van der Waals surface area (Å²) in [5.41, 5.74) is -0.815. The van der Waals surface area contributed by atoms with Crippen LogP contribution < -0.4 is 15.4 Å². The molecular formula is C19H30F3IN6O3. The molecule has 9 nitrogen and oxygen atoms in total. The average Bonchev–Trinajstić information content (AvgIpc) is 2.74. The van der Waals surface area contributed by atoms with E-state index in [0.717, 1.165) is 25.4 Å². The van der Waals surface area contributed by atoms with Crippen molar-refractivity contribution < 1.29 is 27.4 Å². The van der Waals surface area contributed by atoms with Crippen LogP contribution in [0.5, 0.6) is 5.88 Å². The summed E-state index contributed by atoms with van der Waals surface area (Å²) < 4.78 is 47.9. The number of ether oxygens (including phenoxy) is 2. The lowest BCUT2D eigenvalue weighted by molar-refractivity contribution is -0.137. The SMILES string of the molecule is CN=C(NCCOc1ccc(C(F)(F)F)cn1)N1CCN(CC(=O)NCCOC)CC1.I. The van der Waals surface area contributed by atoms with Gasteiger partial charge < -0.3 is 25.0 Å². The number of nitrogens with zero attached hydrogens (tertiary/aromatic N) is 4. The number of carbonyl (C=O) groups excluding carboxylic acids is 1. The van der Waals surface area contributed by atoms with Gasteiger partial charge >= 0.3 is 6.18 Å². The van der Waals surface area contributed by atoms with Gasteiger partial charge in [-0.25, -0.2) is 4.98 Å². The fourth-order valence-corrected chi connectivity index (χ4v) is 2.95. The number of hydrogen-bond acceptors (Lipinski definition) is 6. The minimum absolute atomic E-state index is 0. The minimum Gasteiger partial charge on any atom is -0.476 e. The molecule has 1 aliphatic rings. The third-order valence-corrected chi connectivity index (χ3v) is 4.58. The quantitative estimate of drug-likeness (QED) is 0.197. The Balaban J connectivity index is 0.00000512. The second kappa shape index (κ2) is 14.3. The second-order valence-electron chi connectivity index (χ2n) is 6.81. The molecule has 0 aromatic carbocycles. The van der Waals surface area contributed by atoms with Crippen LogP contribution in [-0.4, -0.2) is 99.8 Å². The van der Waals surface area contributed by atoms with Gasteiger partial charge in [-0.1, -0.05) is 0 Å². The largest absolute Gasteiger partial charge is 0.476 e. The van der Waals surface area contributed by atoms with E-state index in [4.69, 9.17) is 9.47 Å². The maximum Gasteiger partial charge on any atom is 0.417 e. The number of carbonyl (C=O) groups is 1. The highest BCUT2D eigenvalue weighted by Crippen LogP contribution is 2.29. The Bertz CT molecular complexity index is 713. The molecular weight excluding hydrogens is 544 g/mol. The fraction of sp³-hybridized carbons (Fsp3) is 0.632. The number of aromatic nitrogens is 1. The Kier molecular flexibility index (Phi) is 12.6. The van der Waals surface area contributed by atoms with Crippen molar-refractivity contribution in [2.45, 2.75) is 6.18 Å². The summed E-state index contributed by atoms with van der Waals surface area (Å²) >= 11 is 0. The number of guanidine groups is 1. The summed E-state index contributed by atoms with van der Waals surface area (Å²) in [4.78, 5) is 24.0. The molecule has 1 aliphatic heterocycles. The van der Waals surface area contributed by atoms with Gasteiger partial charge in [0.05, 0.1) is 25.3 Å². The van der Waals surface area contributed by atoms with Gasteiger partial charge in [-0.05, 0) is 6.07 Å². The molecule has 1 saturated heterocycles. The molecule has 1 fully saturated rings. The first-order valence-corrected chi connectivity index (χ1v) is 9.93. The molecule has 13 heteroatoms. The van der Waals surface area contributed by atoms with Crippen LogP contribution in [0.1, 0.15) is 5.56 Å². The molecule has 0 bridgehead atoms. The Morgan fingerprint density at radius 2 is 1.84 bits per heavy atom. The first-order chi connectivity index (χ1) is 14.8. The van der Waals surface area contributed by atoms with E-state index < -0.39 is 11.7 Å². The molecule has 2 rings (SSSR count). The lowest BCUT2D eigenvalue weighted by atomic mass is 10.3. The Morgan fingerprint density at radius 3 is 2.41 bits per heavy atom. The molecule has 0 saturated carbocycles. The third-order valence-electron chi connectivity index (χ3n) is 4.58. The molecule has 0 unspecified atom stereocenters. The molecule has 32 heavy (non-hydrogen) atoms. The number of nitrogens with one attached hydrogen (secondary N) is 2. The lowest BCUT2D eigenvalue weighted by Gasteiger charge is -2.36. The molecule has 1 aromatic rings. The highest BCUT2D eigenvalue weighted by Gasteiger charge is 2.30. The van der Waals surface area contributed by atoms with E-state index in [2.05, 4.69) is 30.4 Å². The number of piperazine rings is 1. The van der Waals surface area contributed by atoms with Crippen molar-refractivity contribution in [3.63, 3.8) is 0 Å². The summed E-state index contributed by atoms with van der Waals surface area (Å²) in [6.45, 7) is 4.84. The van der Waals surface area contributed by atoms with E-state index in [1.165, 1.54) is 6.07 Å². The summed E-state index contributed by atoms with van der Waals surface area (Å²) in [6, 6.07) is 2.13. The zero-order chi connectivity index (χ0) is 22.7. The Hall–Kier alpha value is -1.87. The van der Waals surface area contributed by atoms with E-state index in [-0.39, 0.29) is 42.4 Å². The van der Waals surface area contributed by atoms with Gasteiger partial charge in [-0.15, -0.1) is 24.0 Å². The van der Waals surface area contributed by atoms with Gasteiger partial charge in [0, 0.05) is 59.1 Å². The van der Waals surface area contributed by atoms with Crippen LogP contribution in [0.4, 0.5) is 13.2 Å². The van der Waals surface area contributed by atoms with Gasteiger partial charge in [0.15, 0.2) is 5.96 Å². The number of methoxy groups -OCH3 is 1. The van der Waals surface area contributed by atoms with Crippen molar-refractivity contribution >= 4 is 35.8 Å². The first kappa shape index (κ1) is 28.2. The third kappa shape index (κ3) is 9.73. The summed E-state index contributed by atoms with van der Waals surface area (Å²) in [5, 5.41) is 5.97. The standard InChI is InChI=1S/C19H29F3N6O3.HI/c1-23-18(25-6-12-31-17-4-3-15(13-26-17)19(20,21)22)28-9-7-27(8-10-28)14-16(29)24-5-11-30-2;/h3-4,13H,5-12,14H2,1-2H3,(H,23,25)(H,24,29);1H. The van der Waals surface area contributed by atoms with Crippen molar-refractivity contribution in [2.75, 3.05) is 73.2 Å². The lowest BCUT2D eigenvalue weighted by Crippen LogP contribution is -2.54. The predicted molar refractivity (Wildman–Crippen MR) is 124 cm³/mol. The number of alkyl halides is 3. The molecule has 2 heterocycles. The molecule has 182 valence electrons. The zero-order valence-corrected chi connectivity index (χ0v) is 20.5. The molecule has 1 aromatic heterocycles. The van der Waals surface area contributed by atoms with Gasteiger partial charge in [0.25, 0.3) is 0 Å². The number of hydrogen-bond donors (Lipinski definition) is 2. The summed E-state index contributed by atoms with van der Waals surface area (Å²) in [5.74, 6) is 0.803. The number of aliphatic imine (C=N–C) groups is 1. The van der Waals surface area contributed by atoms with Crippen LogP contribution in [0.25, 0.3) is 0 Å². The van der Waals surface area contributed by atoms with Crippen molar-refractivity contribution in [3.8, 4) is 5.88 Å². The summed E-state index contributed by atoms with van der Waals surface area (Å²) in [7, 11) is 3.26. The summed E-state index contributed by atoms with van der Waals surface area (Å²) in [6.07, 6.45) is -3.67. The highest BCUT2D eigenvalue weighted by atomic mass is 127. The maximum absolute atomic E-state index is 12.5. The van der Waals surface area contributed by atoms with E-state index >= 15 is 0 Å². The molecule has 0 atom stereocenters. The monoisotopic (exact) mass is 574 g/mol. The topological polar surface area (TPSA) is 91.3 Å². The van der Waals surface area contributed by atoms with Crippen LogP contribution in [0, 0.1) is 0 Å². The predicted octanol–water partition coefficient (Wildman–Crippen LogP) is 1.05. The number of rotatable bonds is 9. The Labute approximate surface area is 202 Å². The molecule has 0 radical (unpaired) electrons.